The fraction of sp³-hybridized carbons (Fsp3) is 0.214. The van der Waals surface area contributed by atoms with E-state index in [4.69, 9.17) is 8.83 Å². The molecular formula is C28H27N5O4. The Balaban J connectivity index is 1.49. The number of fused-ring (bicyclic) bond motifs is 1. The van der Waals surface area contributed by atoms with Gasteiger partial charge in [0.05, 0.1) is 31.1 Å². The molecule has 0 saturated carbocycles. The highest BCUT2D eigenvalue weighted by Crippen LogP contribution is 2.26. The minimum atomic E-state index is -0.909. The number of aryl methyl sites for hydroxylation is 1. The normalized spacial score (nSPS) is 11.9. The van der Waals surface area contributed by atoms with Crippen LogP contribution in [0.3, 0.4) is 0 Å². The van der Waals surface area contributed by atoms with Crippen molar-refractivity contribution in [3.8, 4) is 0 Å². The van der Waals surface area contributed by atoms with Crippen LogP contribution in [-0.2, 0) is 35.6 Å². The van der Waals surface area contributed by atoms with Crippen molar-refractivity contribution >= 4 is 22.8 Å². The van der Waals surface area contributed by atoms with Crippen LogP contribution in [-0.4, -0.2) is 31.7 Å². The van der Waals surface area contributed by atoms with Gasteiger partial charge in [-0.2, -0.15) is 0 Å². The number of carbonyl (C=O) groups excluding carboxylic acids is 2. The summed E-state index contributed by atoms with van der Waals surface area (Å²) in [6, 6.07) is 21.3. The Hall–Kier alpha value is -4.66. The van der Waals surface area contributed by atoms with Crippen LogP contribution in [0, 0.1) is 0 Å². The number of furan rings is 2. The molecule has 5 aromatic rings. The standard InChI is InChI=1S/C28H27N5O4/c1-2-20-11-13-21(14-12-20)27(28(35)29-17-22-7-5-15-36-22)32(18-23-8-6-16-37-23)26(34)19-33-25-10-4-3-9-24(25)30-31-33/h3-16,27H,2,17-19H2,1H3,(H,29,35). The van der Waals surface area contributed by atoms with E-state index >= 15 is 0 Å². The molecule has 0 spiro atoms. The number of amides is 2. The minimum Gasteiger partial charge on any atom is -0.467 e. The summed E-state index contributed by atoms with van der Waals surface area (Å²) in [4.78, 5) is 29.0. The third-order valence-corrected chi connectivity index (χ3v) is 6.21. The summed E-state index contributed by atoms with van der Waals surface area (Å²) in [5.74, 6) is 0.547. The van der Waals surface area contributed by atoms with Crippen molar-refractivity contribution in [1.82, 2.24) is 25.2 Å². The lowest BCUT2D eigenvalue weighted by Gasteiger charge is -2.31. The highest BCUT2D eigenvalue weighted by atomic mass is 16.3. The first-order chi connectivity index (χ1) is 18.1. The summed E-state index contributed by atoms with van der Waals surface area (Å²) in [5.41, 5.74) is 3.25. The fourth-order valence-electron chi connectivity index (χ4n) is 4.24. The van der Waals surface area contributed by atoms with E-state index in [1.54, 1.807) is 41.5 Å². The molecule has 0 aliphatic heterocycles. The van der Waals surface area contributed by atoms with Gasteiger partial charge in [0, 0.05) is 0 Å². The Kier molecular flexibility index (Phi) is 7.12. The summed E-state index contributed by atoms with van der Waals surface area (Å²) >= 11 is 0. The summed E-state index contributed by atoms with van der Waals surface area (Å²) < 4.78 is 12.5. The number of nitrogens with one attached hydrogen (secondary N) is 1. The van der Waals surface area contributed by atoms with Gasteiger partial charge in [0.15, 0.2) is 0 Å². The number of hydrogen-bond acceptors (Lipinski definition) is 6. The van der Waals surface area contributed by atoms with Crippen molar-refractivity contribution in [3.05, 3.63) is 108 Å². The third kappa shape index (κ3) is 5.45. The molecule has 0 aliphatic carbocycles. The van der Waals surface area contributed by atoms with Crippen LogP contribution < -0.4 is 5.32 Å². The van der Waals surface area contributed by atoms with Gasteiger partial charge < -0.3 is 19.1 Å². The predicted octanol–water partition coefficient (Wildman–Crippen LogP) is 4.27. The number of benzene rings is 2. The second-order valence-electron chi connectivity index (χ2n) is 8.63. The molecule has 0 aliphatic rings. The minimum absolute atomic E-state index is 0.0871. The molecule has 3 heterocycles. The molecule has 188 valence electrons. The van der Waals surface area contributed by atoms with E-state index in [0.717, 1.165) is 17.5 Å². The third-order valence-electron chi connectivity index (χ3n) is 6.21. The van der Waals surface area contributed by atoms with Gasteiger partial charge in [0.25, 0.3) is 0 Å². The van der Waals surface area contributed by atoms with Gasteiger partial charge in [0.1, 0.15) is 29.6 Å². The molecule has 0 bridgehead atoms. The largest absolute Gasteiger partial charge is 0.467 e. The number of rotatable bonds is 10. The van der Waals surface area contributed by atoms with E-state index in [0.29, 0.717) is 22.6 Å². The van der Waals surface area contributed by atoms with Crippen molar-refractivity contribution in [2.45, 2.75) is 39.0 Å². The van der Waals surface area contributed by atoms with Crippen LogP contribution in [0.5, 0.6) is 0 Å². The van der Waals surface area contributed by atoms with Crippen molar-refractivity contribution < 1.29 is 18.4 Å². The number of carbonyl (C=O) groups is 2. The number of para-hydroxylation sites is 1. The van der Waals surface area contributed by atoms with Crippen LogP contribution in [0.1, 0.15) is 35.6 Å². The Bertz CT molecular complexity index is 1460. The van der Waals surface area contributed by atoms with Gasteiger partial charge in [0.2, 0.25) is 11.8 Å². The Morgan fingerprint density at radius 1 is 0.946 bits per heavy atom. The van der Waals surface area contributed by atoms with Gasteiger partial charge in [-0.15, -0.1) is 5.10 Å². The number of hydrogen-bond donors (Lipinski definition) is 1. The zero-order chi connectivity index (χ0) is 25.6. The maximum absolute atomic E-state index is 13.9. The Morgan fingerprint density at radius 3 is 2.38 bits per heavy atom. The number of nitrogens with zero attached hydrogens (tertiary/aromatic N) is 4. The SMILES string of the molecule is CCc1ccc(C(C(=O)NCc2ccco2)N(Cc2ccco2)C(=O)Cn2nnc3ccccc32)cc1. The van der Waals surface area contributed by atoms with E-state index in [1.165, 1.54) is 4.90 Å². The monoisotopic (exact) mass is 497 g/mol. The molecule has 1 N–H and O–H groups in total. The van der Waals surface area contributed by atoms with E-state index < -0.39 is 6.04 Å². The Morgan fingerprint density at radius 2 is 1.68 bits per heavy atom. The van der Waals surface area contributed by atoms with E-state index in [1.807, 2.05) is 48.5 Å². The van der Waals surface area contributed by atoms with Crippen LogP contribution in [0.25, 0.3) is 11.0 Å². The first kappa shape index (κ1) is 24.1. The fourth-order valence-corrected chi connectivity index (χ4v) is 4.24. The van der Waals surface area contributed by atoms with Crippen LogP contribution in [0.15, 0.2) is 94.2 Å². The molecule has 2 amide bonds. The summed E-state index contributed by atoms with van der Waals surface area (Å²) in [5, 5.41) is 11.2. The quantitative estimate of drug-likeness (QED) is 0.309. The maximum Gasteiger partial charge on any atom is 0.247 e. The average Bonchev–Trinajstić information content (AvgIpc) is 3.71. The topological polar surface area (TPSA) is 106 Å². The van der Waals surface area contributed by atoms with Crippen LogP contribution >= 0.6 is 0 Å². The van der Waals surface area contributed by atoms with Gasteiger partial charge in [-0.3, -0.25) is 9.59 Å². The first-order valence-electron chi connectivity index (χ1n) is 12.1. The van der Waals surface area contributed by atoms with Crippen LogP contribution in [0.4, 0.5) is 0 Å². The van der Waals surface area contributed by atoms with Gasteiger partial charge in [-0.25, -0.2) is 4.68 Å². The van der Waals surface area contributed by atoms with Gasteiger partial charge >= 0.3 is 0 Å². The first-order valence-corrected chi connectivity index (χ1v) is 12.1. The smallest absolute Gasteiger partial charge is 0.247 e. The molecule has 3 aromatic heterocycles. The molecule has 37 heavy (non-hydrogen) atoms. The molecule has 1 atom stereocenters. The molecule has 9 nitrogen and oxygen atoms in total. The molecule has 2 aromatic carbocycles. The van der Waals surface area contributed by atoms with Crippen LogP contribution in [0.2, 0.25) is 0 Å². The average molecular weight is 498 g/mol. The molecular weight excluding hydrogens is 470 g/mol. The van der Waals surface area contributed by atoms with Crippen molar-refractivity contribution in [3.63, 3.8) is 0 Å². The molecule has 0 saturated heterocycles. The molecule has 0 radical (unpaired) electrons. The van der Waals surface area contributed by atoms with Crippen molar-refractivity contribution in [2.75, 3.05) is 0 Å². The van der Waals surface area contributed by atoms with Crippen molar-refractivity contribution in [1.29, 1.82) is 0 Å². The Labute approximate surface area is 213 Å². The van der Waals surface area contributed by atoms with E-state index in [2.05, 4.69) is 22.6 Å². The van der Waals surface area contributed by atoms with Crippen molar-refractivity contribution in [2.24, 2.45) is 0 Å². The van der Waals surface area contributed by atoms with Gasteiger partial charge in [-0.1, -0.05) is 48.5 Å². The lowest BCUT2D eigenvalue weighted by atomic mass is 10.0. The lowest BCUT2D eigenvalue weighted by molar-refractivity contribution is -0.142. The zero-order valence-electron chi connectivity index (χ0n) is 20.4. The lowest BCUT2D eigenvalue weighted by Crippen LogP contribution is -2.44. The summed E-state index contributed by atoms with van der Waals surface area (Å²) in [6.07, 6.45) is 3.96. The molecule has 9 heteroatoms. The summed E-state index contributed by atoms with van der Waals surface area (Å²) in [7, 11) is 0. The molecule has 1 unspecified atom stereocenters. The zero-order valence-corrected chi connectivity index (χ0v) is 20.4. The maximum atomic E-state index is 13.9. The predicted molar refractivity (Wildman–Crippen MR) is 136 cm³/mol. The second-order valence-corrected chi connectivity index (χ2v) is 8.63. The molecule has 5 rings (SSSR count). The van der Waals surface area contributed by atoms with Gasteiger partial charge in [-0.05, 0) is 53.9 Å². The molecule has 0 fully saturated rings. The number of aromatic nitrogens is 3. The summed E-state index contributed by atoms with van der Waals surface area (Å²) in [6.45, 7) is 2.28. The van der Waals surface area contributed by atoms with E-state index in [-0.39, 0.29) is 31.4 Å². The highest BCUT2D eigenvalue weighted by Gasteiger charge is 2.32. The van der Waals surface area contributed by atoms with E-state index in [9.17, 15) is 9.59 Å². The second kappa shape index (κ2) is 10.9. The highest BCUT2D eigenvalue weighted by molar-refractivity contribution is 5.89.